The largest absolute Gasteiger partial charge is 0.356 e. The van der Waals surface area contributed by atoms with Crippen LogP contribution in [0.1, 0.15) is 19.0 Å². The lowest BCUT2D eigenvalue weighted by molar-refractivity contribution is -0.195. The average Bonchev–Trinajstić information content (AvgIpc) is 2.61. The van der Waals surface area contributed by atoms with Gasteiger partial charge in [-0.1, -0.05) is 43.4 Å². The molecule has 3 rings (SSSR count). The number of pyridine rings is 1. The molecule has 0 saturated carbocycles. The molecule has 1 N–H and O–H groups in total. The average molecular weight is 391 g/mol. The summed E-state index contributed by atoms with van der Waals surface area (Å²) in [6.07, 6.45) is 10.5. The summed E-state index contributed by atoms with van der Waals surface area (Å²) in [5.41, 5.74) is 2.21. The van der Waals surface area contributed by atoms with Crippen LogP contribution in [0.15, 0.2) is 53.2 Å². The number of nitrogens with zero attached hydrogens (tertiary/aromatic N) is 2. The monoisotopic (exact) mass is 390 g/mol. The second-order valence-electron chi connectivity index (χ2n) is 6.27. The topological polar surface area (TPSA) is 45.6 Å². The standard InChI is InChI=1S/C19H23BrN2O2/c1-14-5-2-3-6-16(14)13-24-19(23)22-11-9-15(10-12-22)17-7-4-8-18(20)21-17/h2-9,14,16,19,23H,10-13H2,1H3. The summed E-state index contributed by atoms with van der Waals surface area (Å²) in [4.78, 5) is 6.43. The molecule has 5 heteroatoms. The van der Waals surface area contributed by atoms with Crippen LogP contribution in [0.25, 0.3) is 5.57 Å². The fourth-order valence-corrected chi connectivity index (χ4v) is 3.32. The van der Waals surface area contributed by atoms with E-state index in [1.807, 2.05) is 29.2 Å². The number of aromatic nitrogens is 1. The maximum atomic E-state index is 10.3. The van der Waals surface area contributed by atoms with Crippen molar-refractivity contribution in [2.24, 2.45) is 11.8 Å². The lowest BCUT2D eigenvalue weighted by Crippen LogP contribution is -2.41. The Morgan fingerprint density at radius 3 is 2.92 bits per heavy atom. The molecule has 128 valence electrons. The maximum absolute atomic E-state index is 10.3. The molecule has 1 aromatic heterocycles. The molecule has 0 saturated heterocycles. The first-order valence-corrected chi connectivity index (χ1v) is 9.13. The lowest BCUT2D eigenvalue weighted by Gasteiger charge is -2.31. The van der Waals surface area contributed by atoms with Gasteiger partial charge in [-0.2, -0.15) is 0 Å². The Labute approximate surface area is 151 Å². The summed E-state index contributed by atoms with van der Waals surface area (Å²) in [5, 5.41) is 10.3. The summed E-state index contributed by atoms with van der Waals surface area (Å²) >= 11 is 3.41. The van der Waals surface area contributed by atoms with E-state index in [1.165, 1.54) is 5.57 Å². The van der Waals surface area contributed by atoms with Crippen LogP contribution in [0.4, 0.5) is 0 Å². The van der Waals surface area contributed by atoms with Gasteiger partial charge in [0.2, 0.25) is 6.41 Å². The Morgan fingerprint density at radius 1 is 1.38 bits per heavy atom. The number of rotatable bonds is 5. The van der Waals surface area contributed by atoms with Gasteiger partial charge in [-0.05, 0) is 46.0 Å². The van der Waals surface area contributed by atoms with Crippen molar-refractivity contribution in [3.8, 4) is 0 Å². The number of aliphatic hydroxyl groups excluding tert-OH is 1. The molecule has 0 fully saturated rings. The van der Waals surface area contributed by atoms with Crippen molar-refractivity contribution in [2.75, 3.05) is 19.7 Å². The molecular weight excluding hydrogens is 368 g/mol. The third kappa shape index (κ3) is 4.42. The molecule has 4 nitrogen and oxygen atoms in total. The van der Waals surface area contributed by atoms with Crippen molar-refractivity contribution in [1.29, 1.82) is 0 Å². The van der Waals surface area contributed by atoms with Gasteiger partial charge < -0.3 is 9.84 Å². The molecule has 0 bridgehead atoms. The van der Waals surface area contributed by atoms with Crippen LogP contribution in [0.3, 0.4) is 0 Å². The molecule has 0 amide bonds. The molecular formula is C19H23BrN2O2. The lowest BCUT2D eigenvalue weighted by atomic mass is 9.91. The number of hydrogen-bond donors (Lipinski definition) is 1. The first-order chi connectivity index (χ1) is 11.6. The van der Waals surface area contributed by atoms with E-state index in [-0.39, 0.29) is 0 Å². The van der Waals surface area contributed by atoms with Crippen molar-refractivity contribution in [2.45, 2.75) is 19.8 Å². The minimum Gasteiger partial charge on any atom is -0.356 e. The Balaban J connectivity index is 1.52. The Kier molecular flexibility index (Phi) is 6.00. The van der Waals surface area contributed by atoms with Crippen molar-refractivity contribution >= 4 is 21.5 Å². The molecule has 3 unspecified atom stereocenters. The van der Waals surface area contributed by atoms with Gasteiger partial charge in [0, 0.05) is 19.0 Å². The zero-order chi connectivity index (χ0) is 16.9. The SMILES string of the molecule is CC1C=CC=CC1COC(O)N1CC=C(c2cccc(Br)n2)CC1. The number of allylic oxidation sites excluding steroid dienone is 3. The fraction of sp³-hybridized carbons (Fsp3) is 0.421. The summed E-state index contributed by atoms with van der Waals surface area (Å²) in [5.74, 6) is 0.768. The zero-order valence-electron chi connectivity index (χ0n) is 13.8. The quantitative estimate of drug-likeness (QED) is 0.616. The highest BCUT2D eigenvalue weighted by atomic mass is 79.9. The minimum absolute atomic E-state index is 0.325. The Morgan fingerprint density at radius 2 is 2.21 bits per heavy atom. The number of halogens is 1. The van der Waals surface area contributed by atoms with E-state index >= 15 is 0 Å². The molecule has 1 aromatic rings. The van der Waals surface area contributed by atoms with Crippen molar-refractivity contribution in [1.82, 2.24) is 9.88 Å². The number of hydrogen-bond acceptors (Lipinski definition) is 4. The number of aliphatic hydroxyl groups is 1. The first kappa shape index (κ1) is 17.5. The molecule has 3 atom stereocenters. The molecule has 2 heterocycles. The van der Waals surface area contributed by atoms with Crippen LogP contribution in [-0.2, 0) is 4.74 Å². The molecule has 1 aliphatic heterocycles. The second kappa shape index (κ2) is 8.21. The Hall–Kier alpha value is -1.27. The molecule has 0 aromatic carbocycles. The fourth-order valence-electron chi connectivity index (χ4n) is 2.98. The molecule has 1 aliphatic carbocycles. The Bertz CT molecular complexity index is 657. The predicted octanol–water partition coefficient (Wildman–Crippen LogP) is 3.60. The van der Waals surface area contributed by atoms with E-state index < -0.39 is 6.41 Å². The summed E-state index contributed by atoms with van der Waals surface area (Å²) in [7, 11) is 0. The maximum Gasteiger partial charge on any atom is 0.216 e. The highest BCUT2D eigenvalue weighted by Gasteiger charge is 2.22. The van der Waals surface area contributed by atoms with Crippen LogP contribution in [-0.4, -0.2) is 41.1 Å². The molecule has 24 heavy (non-hydrogen) atoms. The zero-order valence-corrected chi connectivity index (χ0v) is 15.4. The van der Waals surface area contributed by atoms with Crippen LogP contribution in [0.5, 0.6) is 0 Å². The van der Waals surface area contributed by atoms with E-state index in [0.717, 1.165) is 23.3 Å². The van der Waals surface area contributed by atoms with Gasteiger partial charge in [0.15, 0.2) is 0 Å². The van der Waals surface area contributed by atoms with Gasteiger partial charge in [0.05, 0.1) is 12.3 Å². The smallest absolute Gasteiger partial charge is 0.216 e. The van der Waals surface area contributed by atoms with Gasteiger partial charge in [-0.15, -0.1) is 0 Å². The van der Waals surface area contributed by atoms with E-state index in [4.69, 9.17) is 4.74 Å². The van der Waals surface area contributed by atoms with Gasteiger partial charge in [0.25, 0.3) is 0 Å². The van der Waals surface area contributed by atoms with E-state index in [2.05, 4.69) is 52.1 Å². The number of ether oxygens (including phenoxy) is 1. The third-order valence-corrected chi connectivity index (χ3v) is 5.04. The van der Waals surface area contributed by atoms with E-state index in [1.54, 1.807) is 0 Å². The van der Waals surface area contributed by atoms with Gasteiger partial charge in [-0.3, -0.25) is 4.90 Å². The van der Waals surface area contributed by atoms with Crippen LogP contribution >= 0.6 is 15.9 Å². The summed E-state index contributed by atoms with van der Waals surface area (Å²) in [6.45, 7) is 4.13. The molecule has 2 aliphatic rings. The second-order valence-corrected chi connectivity index (χ2v) is 7.08. The van der Waals surface area contributed by atoms with E-state index in [9.17, 15) is 5.11 Å². The highest BCUT2D eigenvalue weighted by molar-refractivity contribution is 9.10. The summed E-state index contributed by atoms with van der Waals surface area (Å²) < 4.78 is 6.54. The normalized spacial score (nSPS) is 25.5. The van der Waals surface area contributed by atoms with Crippen LogP contribution < -0.4 is 0 Å². The minimum atomic E-state index is -0.857. The van der Waals surface area contributed by atoms with Crippen LogP contribution in [0.2, 0.25) is 0 Å². The van der Waals surface area contributed by atoms with E-state index in [0.29, 0.717) is 25.0 Å². The van der Waals surface area contributed by atoms with Crippen molar-refractivity contribution in [3.63, 3.8) is 0 Å². The van der Waals surface area contributed by atoms with Gasteiger partial charge >= 0.3 is 0 Å². The molecule has 0 spiro atoms. The van der Waals surface area contributed by atoms with Crippen molar-refractivity contribution < 1.29 is 9.84 Å². The third-order valence-electron chi connectivity index (χ3n) is 4.59. The summed E-state index contributed by atoms with van der Waals surface area (Å²) in [6, 6.07) is 5.93. The molecule has 0 radical (unpaired) electrons. The van der Waals surface area contributed by atoms with Crippen LogP contribution in [0, 0.1) is 11.8 Å². The predicted molar refractivity (Wildman–Crippen MR) is 99.0 cm³/mol. The van der Waals surface area contributed by atoms with Gasteiger partial charge in [-0.25, -0.2) is 4.98 Å². The van der Waals surface area contributed by atoms with Crippen molar-refractivity contribution in [3.05, 3.63) is 58.9 Å². The van der Waals surface area contributed by atoms with Gasteiger partial charge in [0.1, 0.15) is 4.60 Å². The highest BCUT2D eigenvalue weighted by Crippen LogP contribution is 2.24. The first-order valence-electron chi connectivity index (χ1n) is 8.34.